The minimum atomic E-state index is -0.756. The van der Waals surface area contributed by atoms with Crippen molar-refractivity contribution >= 4 is 38.3 Å². The normalized spacial score (nSPS) is 10.9. The molecule has 0 unspecified atom stereocenters. The Balaban J connectivity index is 1.76. The maximum absolute atomic E-state index is 14.2. The molecule has 0 saturated carbocycles. The third kappa shape index (κ3) is 3.99. The topological polar surface area (TPSA) is 49.3 Å². The summed E-state index contributed by atoms with van der Waals surface area (Å²) in [4.78, 5) is 25.3. The highest BCUT2D eigenvalue weighted by atomic mass is 32.1. The molecule has 0 fully saturated rings. The maximum Gasteiger partial charge on any atom is 0.260 e. The van der Waals surface area contributed by atoms with Crippen LogP contribution in [0, 0.1) is 11.6 Å². The molecule has 0 atom stereocenters. The summed E-state index contributed by atoms with van der Waals surface area (Å²) in [5.74, 6) is -1.74. The number of pyridine rings is 1. The van der Waals surface area contributed by atoms with Crippen LogP contribution in [0.25, 0.3) is 10.2 Å². The molecule has 0 radical (unpaired) electrons. The van der Waals surface area contributed by atoms with Gasteiger partial charge in [0.05, 0.1) is 16.9 Å². The molecule has 1 amide bonds. The van der Waals surface area contributed by atoms with Gasteiger partial charge in [0.15, 0.2) is 10.9 Å². The zero-order chi connectivity index (χ0) is 21.3. The number of carbonyl (C=O) groups excluding carboxylic acids is 1. The third-order valence-electron chi connectivity index (χ3n) is 4.55. The summed E-state index contributed by atoms with van der Waals surface area (Å²) in [6.07, 6.45) is 1.64. The molecule has 8 heteroatoms. The van der Waals surface area contributed by atoms with E-state index in [1.165, 1.54) is 11.0 Å². The summed E-state index contributed by atoms with van der Waals surface area (Å²) in [7, 11) is 3.83. The quantitative estimate of drug-likeness (QED) is 0.458. The number of anilines is 2. The Hall–Kier alpha value is -3.39. The largest absolute Gasteiger partial charge is 0.378 e. The molecule has 2 aromatic heterocycles. The first-order chi connectivity index (χ1) is 14.4. The highest BCUT2D eigenvalue weighted by Crippen LogP contribution is 2.32. The van der Waals surface area contributed by atoms with Crippen LogP contribution in [0.1, 0.15) is 16.1 Å². The van der Waals surface area contributed by atoms with Gasteiger partial charge >= 0.3 is 0 Å². The average molecular weight is 424 g/mol. The molecular formula is C22H18F2N4OS. The van der Waals surface area contributed by atoms with Crippen molar-refractivity contribution in [1.82, 2.24) is 9.97 Å². The Morgan fingerprint density at radius 2 is 1.83 bits per heavy atom. The van der Waals surface area contributed by atoms with Crippen LogP contribution in [0.15, 0.2) is 60.8 Å². The molecule has 0 N–H and O–H groups in total. The van der Waals surface area contributed by atoms with Gasteiger partial charge in [0, 0.05) is 37.6 Å². The van der Waals surface area contributed by atoms with Crippen molar-refractivity contribution in [2.24, 2.45) is 0 Å². The maximum atomic E-state index is 14.2. The van der Waals surface area contributed by atoms with Gasteiger partial charge in [-0.3, -0.25) is 14.7 Å². The van der Waals surface area contributed by atoms with Gasteiger partial charge in [0.1, 0.15) is 11.3 Å². The second-order valence-corrected chi connectivity index (χ2v) is 7.89. The van der Waals surface area contributed by atoms with Gasteiger partial charge in [-0.05, 0) is 42.5 Å². The highest BCUT2D eigenvalue weighted by Gasteiger charge is 2.23. The number of aromatic nitrogens is 2. The van der Waals surface area contributed by atoms with Gasteiger partial charge in [0.2, 0.25) is 0 Å². The number of hydrogen-bond acceptors (Lipinski definition) is 5. The Kier molecular flexibility index (Phi) is 5.41. The smallest absolute Gasteiger partial charge is 0.260 e. The van der Waals surface area contributed by atoms with E-state index in [9.17, 15) is 13.6 Å². The monoisotopic (exact) mass is 424 g/mol. The summed E-state index contributed by atoms with van der Waals surface area (Å²) < 4.78 is 28.1. The van der Waals surface area contributed by atoms with Crippen LogP contribution in [-0.2, 0) is 6.54 Å². The van der Waals surface area contributed by atoms with Crippen LogP contribution in [0.4, 0.5) is 19.6 Å². The molecule has 30 heavy (non-hydrogen) atoms. The molecule has 152 valence electrons. The Morgan fingerprint density at radius 3 is 2.50 bits per heavy atom. The van der Waals surface area contributed by atoms with Gasteiger partial charge in [0.25, 0.3) is 5.91 Å². The number of nitrogens with zero attached hydrogens (tertiary/aromatic N) is 4. The lowest BCUT2D eigenvalue weighted by Gasteiger charge is -2.20. The second-order valence-electron chi connectivity index (χ2n) is 6.88. The van der Waals surface area contributed by atoms with Crippen molar-refractivity contribution in [3.05, 3.63) is 83.7 Å². The van der Waals surface area contributed by atoms with E-state index in [2.05, 4.69) is 9.97 Å². The number of carbonyl (C=O) groups is 1. The zero-order valence-corrected chi connectivity index (χ0v) is 17.2. The van der Waals surface area contributed by atoms with E-state index in [0.717, 1.165) is 23.1 Å². The lowest BCUT2D eigenvalue weighted by atomic mass is 10.1. The van der Waals surface area contributed by atoms with Gasteiger partial charge in [-0.2, -0.15) is 0 Å². The molecule has 0 aliphatic rings. The first-order valence-corrected chi connectivity index (χ1v) is 9.99. The molecule has 4 rings (SSSR count). The number of benzene rings is 2. The van der Waals surface area contributed by atoms with E-state index >= 15 is 0 Å². The van der Waals surface area contributed by atoms with Crippen molar-refractivity contribution in [3.63, 3.8) is 0 Å². The zero-order valence-electron chi connectivity index (χ0n) is 16.3. The van der Waals surface area contributed by atoms with Gasteiger partial charge in [-0.1, -0.05) is 17.4 Å². The van der Waals surface area contributed by atoms with Crippen molar-refractivity contribution in [1.29, 1.82) is 0 Å². The summed E-state index contributed by atoms with van der Waals surface area (Å²) in [5.41, 5.74) is 2.11. The molecule has 5 nitrogen and oxygen atoms in total. The van der Waals surface area contributed by atoms with Gasteiger partial charge < -0.3 is 4.90 Å². The van der Waals surface area contributed by atoms with E-state index in [1.54, 1.807) is 30.5 Å². The molecular weight excluding hydrogens is 406 g/mol. The number of halogens is 2. The minimum Gasteiger partial charge on any atom is -0.378 e. The number of amides is 1. The first kappa shape index (κ1) is 19.9. The highest BCUT2D eigenvalue weighted by molar-refractivity contribution is 7.22. The molecule has 2 heterocycles. The molecule has 0 aliphatic heterocycles. The summed E-state index contributed by atoms with van der Waals surface area (Å²) in [5, 5.41) is 0.279. The van der Waals surface area contributed by atoms with Crippen LogP contribution in [0.5, 0.6) is 0 Å². The second kappa shape index (κ2) is 8.16. The summed E-state index contributed by atoms with van der Waals surface area (Å²) in [6.45, 7) is 0.152. The number of fused-ring (bicyclic) bond motifs is 1. The van der Waals surface area contributed by atoms with Crippen molar-refractivity contribution in [2.45, 2.75) is 6.54 Å². The number of rotatable bonds is 5. The van der Waals surface area contributed by atoms with E-state index in [1.807, 2.05) is 37.2 Å². The molecule has 4 aromatic rings. The Morgan fingerprint density at radius 1 is 1.07 bits per heavy atom. The standard InChI is InChI=1S/C22H18F2N4OS/c1-27(2)17-8-6-14(7-9-17)21(29)28(13-16-5-3-4-10-25-16)22-26-20-18(24)11-15(23)12-19(20)30-22/h3-12H,13H2,1-2H3. The van der Waals surface area contributed by atoms with Crippen LogP contribution < -0.4 is 9.80 Å². The SMILES string of the molecule is CN(C)c1ccc(C(=O)N(Cc2ccccn2)c2nc3c(F)cc(F)cc3s2)cc1. The summed E-state index contributed by atoms with van der Waals surface area (Å²) in [6, 6.07) is 14.6. The fraction of sp³-hybridized carbons (Fsp3) is 0.136. The van der Waals surface area contributed by atoms with Crippen LogP contribution in [0.2, 0.25) is 0 Å². The summed E-state index contributed by atoms with van der Waals surface area (Å²) >= 11 is 1.06. The van der Waals surface area contributed by atoms with Crippen molar-refractivity contribution in [3.8, 4) is 0 Å². The molecule has 0 aliphatic carbocycles. The minimum absolute atomic E-state index is 0.0400. The van der Waals surface area contributed by atoms with E-state index in [-0.39, 0.29) is 23.1 Å². The predicted molar refractivity (Wildman–Crippen MR) is 115 cm³/mol. The Bertz CT molecular complexity index is 1190. The van der Waals surface area contributed by atoms with Crippen molar-refractivity contribution in [2.75, 3.05) is 23.9 Å². The molecule has 0 spiro atoms. The fourth-order valence-electron chi connectivity index (χ4n) is 3.00. The van der Waals surface area contributed by atoms with E-state index in [4.69, 9.17) is 0 Å². The molecule has 0 bridgehead atoms. The fourth-order valence-corrected chi connectivity index (χ4v) is 4.00. The van der Waals surface area contributed by atoms with Gasteiger partial charge in [-0.15, -0.1) is 0 Å². The third-order valence-corrected chi connectivity index (χ3v) is 5.58. The van der Waals surface area contributed by atoms with Crippen LogP contribution in [-0.4, -0.2) is 30.0 Å². The van der Waals surface area contributed by atoms with Gasteiger partial charge in [-0.25, -0.2) is 13.8 Å². The van der Waals surface area contributed by atoms with Crippen LogP contribution in [0.3, 0.4) is 0 Å². The van der Waals surface area contributed by atoms with E-state index < -0.39 is 11.6 Å². The lowest BCUT2D eigenvalue weighted by molar-refractivity contribution is 0.0985. The molecule has 0 saturated heterocycles. The molecule has 2 aromatic carbocycles. The van der Waals surface area contributed by atoms with Crippen LogP contribution >= 0.6 is 11.3 Å². The van der Waals surface area contributed by atoms with Crippen molar-refractivity contribution < 1.29 is 13.6 Å². The van der Waals surface area contributed by atoms with E-state index in [0.29, 0.717) is 16.0 Å². The number of thiazole rings is 1. The lowest BCUT2D eigenvalue weighted by Crippen LogP contribution is -2.30. The number of hydrogen-bond donors (Lipinski definition) is 0. The average Bonchev–Trinajstić information content (AvgIpc) is 3.16. The predicted octanol–water partition coefficient (Wildman–Crippen LogP) is 4.88. The Labute approximate surface area is 176 Å². The first-order valence-electron chi connectivity index (χ1n) is 9.17.